The van der Waals surface area contributed by atoms with Gasteiger partial charge in [-0.05, 0) is 30.6 Å². The predicted molar refractivity (Wildman–Crippen MR) is 77.2 cm³/mol. The summed E-state index contributed by atoms with van der Waals surface area (Å²) in [5, 5.41) is 0. The zero-order valence-corrected chi connectivity index (χ0v) is 12.7. The summed E-state index contributed by atoms with van der Waals surface area (Å²) in [5.74, 6) is 0.436. The average Bonchev–Trinajstić information content (AvgIpc) is 2.29. The Morgan fingerprint density at radius 2 is 1.72 bits per heavy atom. The standard InChI is InChI=1S/C16H31NO/c1-5-6-12-16(14(17)18,15(2,3)4)13-10-8-7-9-11-13/h13H,5-12H2,1-4H3,(H2,17,18). The van der Waals surface area contributed by atoms with Crippen molar-refractivity contribution in [3.63, 3.8) is 0 Å². The molecule has 0 aromatic carbocycles. The van der Waals surface area contributed by atoms with Crippen molar-refractivity contribution in [1.82, 2.24) is 0 Å². The lowest BCUT2D eigenvalue weighted by molar-refractivity contribution is -0.142. The van der Waals surface area contributed by atoms with Gasteiger partial charge in [-0.25, -0.2) is 0 Å². The van der Waals surface area contributed by atoms with Crippen LogP contribution in [0.2, 0.25) is 0 Å². The van der Waals surface area contributed by atoms with Gasteiger partial charge in [0.15, 0.2) is 0 Å². The number of rotatable bonds is 5. The molecule has 18 heavy (non-hydrogen) atoms. The van der Waals surface area contributed by atoms with Gasteiger partial charge >= 0.3 is 0 Å². The van der Waals surface area contributed by atoms with Gasteiger partial charge in [0.05, 0.1) is 5.41 Å². The highest BCUT2D eigenvalue weighted by Gasteiger charge is 2.51. The van der Waals surface area contributed by atoms with Crippen LogP contribution in [0.15, 0.2) is 0 Å². The van der Waals surface area contributed by atoms with E-state index in [2.05, 4.69) is 27.7 Å². The molecule has 0 heterocycles. The summed E-state index contributed by atoms with van der Waals surface area (Å²) in [6.07, 6.45) is 9.43. The molecule has 2 heteroatoms. The second-order valence-electron chi connectivity index (χ2n) is 7.02. The molecule has 1 aliphatic rings. The third-order valence-corrected chi connectivity index (χ3v) is 5.00. The van der Waals surface area contributed by atoms with E-state index in [-0.39, 0.29) is 16.7 Å². The van der Waals surface area contributed by atoms with E-state index in [1.807, 2.05) is 0 Å². The minimum Gasteiger partial charge on any atom is -0.369 e. The van der Waals surface area contributed by atoms with Crippen molar-refractivity contribution >= 4 is 5.91 Å². The van der Waals surface area contributed by atoms with Crippen molar-refractivity contribution in [3.8, 4) is 0 Å². The number of carbonyl (C=O) groups is 1. The summed E-state index contributed by atoms with van der Waals surface area (Å²) in [6, 6.07) is 0. The first-order valence-electron chi connectivity index (χ1n) is 7.66. The molecule has 0 aliphatic heterocycles. The first kappa shape index (κ1) is 15.5. The topological polar surface area (TPSA) is 43.1 Å². The van der Waals surface area contributed by atoms with Crippen LogP contribution in [0.5, 0.6) is 0 Å². The Bertz CT molecular complexity index is 273. The molecule has 1 aliphatic carbocycles. The fourth-order valence-electron chi connectivity index (χ4n) is 3.94. The average molecular weight is 253 g/mol. The Morgan fingerprint density at radius 1 is 1.17 bits per heavy atom. The summed E-state index contributed by atoms with van der Waals surface area (Å²) in [5.41, 5.74) is 5.56. The Balaban J connectivity index is 3.06. The van der Waals surface area contributed by atoms with Gasteiger partial charge in [0.25, 0.3) is 0 Å². The van der Waals surface area contributed by atoms with E-state index in [0.29, 0.717) is 5.92 Å². The van der Waals surface area contributed by atoms with Crippen molar-refractivity contribution in [1.29, 1.82) is 0 Å². The number of hydrogen-bond acceptors (Lipinski definition) is 1. The second kappa shape index (κ2) is 6.08. The zero-order valence-electron chi connectivity index (χ0n) is 12.7. The van der Waals surface area contributed by atoms with Gasteiger partial charge in [-0.3, -0.25) is 4.79 Å². The SMILES string of the molecule is CCCCC(C(N)=O)(C1CCCCC1)C(C)(C)C. The molecule has 0 aromatic rings. The molecule has 1 rings (SSSR count). The van der Waals surface area contributed by atoms with Crippen LogP contribution in [0.25, 0.3) is 0 Å². The maximum atomic E-state index is 12.3. The van der Waals surface area contributed by atoms with Crippen LogP contribution in [-0.4, -0.2) is 5.91 Å². The van der Waals surface area contributed by atoms with E-state index in [1.54, 1.807) is 0 Å². The normalized spacial score (nSPS) is 21.6. The van der Waals surface area contributed by atoms with Gasteiger partial charge in [-0.1, -0.05) is 59.8 Å². The first-order valence-corrected chi connectivity index (χ1v) is 7.66. The van der Waals surface area contributed by atoms with E-state index < -0.39 is 0 Å². The van der Waals surface area contributed by atoms with E-state index in [0.717, 1.165) is 19.3 Å². The Kier molecular flexibility index (Phi) is 5.24. The Morgan fingerprint density at radius 3 is 2.11 bits per heavy atom. The molecule has 1 unspecified atom stereocenters. The second-order valence-corrected chi connectivity index (χ2v) is 7.02. The summed E-state index contributed by atoms with van der Waals surface area (Å²) in [7, 11) is 0. The maximum Gasteiger partial charge on any atom is 0.224 e. The highest BCUT2D eigenvalue weighted by atomic mass is 16.1. The molecule has 0 saturated heterocycles. The van der Waals surface area contributed by atoms with Gasteiger partial charge in [0, 0.05) is 0 Å². The highest BCUT2D eigenvalue weighted by molar-refractivity contribution is 5.82. The fraction of sp³-hybridized carbons (Fsp3) is 0.938. The molecule has 0 radical (unpaired) electrons. The quantitative estimate of drug-likeness (QED) is 0.781. The van der Waals surface area contributed by atoms with Crippen molar-refractivity contribution in [2.75, 3.05) is 0 Å². The van der Waals surface area contributed by atoms with Crippen LogP contribution < -0.4 is 5.73 Å². The highest BCUT2D eigenvalue weighted by Crippen LogP contribution is 2.53. The smallest absolute Gasteiger partial charge is 0.224 e. The number of nitrogens with two attached hydrogens (primary N) is 1. The lowest BCUT2D eigenvalue weighted by Crippen LogP contribution is -2.52. The molecule has 1 amide bonds. The monoisotopic (exact) mass is 253 g/mol. The molecule has 1 saturated carbocycles. The van der Waals surface area contributed by atoms with Crippen LogP contribution in [0.3, 0.4) is 0 Å². The van der Waals surface area contributed by atoms with Gasteiger partial charge < -0.3 is 5.73 Å². The van der Waals surface area contributed by atoms with E-state index >= 15 is 0 Å². The summed E-state index contributed by atoms with van der Waals surface area (Å²) in [4.78, 5) is 12.3. The molecule has 0 bridgehead atoms. The number of unbranched alkanes of at least 4 members (excludes halogenated alkanes) is 1. The van der Waals surface area contributed by atoms with Crippen LogP contribution in [0.4, 0.5) is 0 Å². The van der Waals surface area contributed by atoms with Crippen molar-refractivity contribution < 1.29 is 4.79 Å². The van der Waals surface area contributed by atoms with Gasteiger partial charge in [-0.2, -0.15) is 0 Å². The predicted octanol–water partition coefficient (Wildman–Crippen LogP) is 4.27. The molecule has 0 spiro atoms. The van der Waals surface area contributed by atoms with Crippen LogP contribution in [-0.2, 0) is 4.79 Å². The largest absolute Gasteiger partial charge is 0.369 e. The Labute approximate surface area is 113 Å². The molecule has 1 atom stereocenters. The molecule has 0 aromatic heterocycles. The minimum atomic E-state index is -0.302. The molecule has 2 nitrogen and oxygen atoms in total. The van der Waals surface area contributed by atoms with Crippen molar-refractivity contribution in [3.05, 3.63) is 0 Å². The number of primary amides is 1. The van der Waals surface area contributed by atoms with E-state index in [9.17, 15) is 4.79 Å². The molecule has 1 fully saturated rings. The lowest BCUT2D eigenvalue weighted by Gasteiger charge is -2.49. The maximum absolute atomic E-state index is 12.3. The van der Waals surface area contributed by atoms with Crippen LogP contribution in [0.1, 0.15) is 79.1 Å². The van der Waals surface area contributed by atoms with Crippen molar-refractivity contribution in [2.24, 2.45) is 22.5 Å². The molecular formula is C16H31NO. The van der Waals surface area contributed by atoms with Crippen LogP contribution >= 0.6 is 0 Å². The third-order valence-electron chi connectivity index (χ3n) is 5.00. The zero-order chi connectivity index (χ0) is 13.8. The summed E-state index contributed by atoms with van der Waals surface area (Å²) < 4.78 is 0. The van der Waals surface area contributed by atoms with Crippen molar-refractivity contribution in [2.45, 2.75) is 79.1 Å². The number of hydrogen-bond donors (Lipinski definition) is 1. The van der Waals surface area contributed by atoms with Crippen LogP contribution in [0, 0.1) is 16.7 Å². The number of carbonyl (C=O) groups excluding carboxylic acids is 1. The van der Waals surface area contributed by atoms with Gasteiger partial charge in [0.1, 0.15) is 0 Å². The first-order chi connectivity index (χ1) is 8.36. The summed E-state index contributed by atoms with van der Waals surface area (Å²) >= 11 is 0. The van der Waals surface area contributed by atoms with E-state index in [1.165, 1.54) is 32.1 Å². The minimum absolute atomic E-state index is 0.0317. The Hall–Kier alpha value is -0.530. The third kappa shape index (κ3) is 2.89. The lowest BCUT2D eigenvalue weighted by atomic mass is 9.54. The summed E-state index contributed by atoms with van der Waals surface area (Å²) in [6.45, 7) is 8.78. The number of amides is 1. The van der Waals surface area contributed by atoms with Gasteiger partial charge in [-0.15, -0.1) is 0 Å². The molecule has 2 N–H and O–H groups in total. The van der Waals surface area contributed by atoms with E-state index in [4.69, 9.17) is 5.73 Å². The molecule has 106 valence electrons. The fourth-order valence-corrected chi connectivity index (χ4v) is 3.94. The van der Waals surface area contributed by atoms with Gasteiger partial charge in [0.2, 0.25) is 5.91 Å². The molecular weight excluding hydrogens is 222 g/mol.